The maximum Gasteiger partial charge on any atom is 0.0512 e. The molecule has 0 bridgehead atoms. The highest BCUT2D eigenvalue weighted by atomic mass is 17.0. The fraction of sp³-hybridized carbons (Fsp3) is 1.00. The summed E-state index contributed by atoms with van der Waals surface area (Å²) < 4.78 is 0. The van der Waals surface area contributed by atoms with Crippen molar-refractivity contribution in [3.05, 3.63) is 0 Å². The number of hydrogen-bond donors (Lipinski definition) is 3. The topological polar surface area (TPSA) is 60.7 Å². The lowest BCUT2D eigenvalue weighted by atomic mass is 10.1. The Morgan fingerprint density at radius 2 is 1.64 bits per heavy atom. The maximum absolute atomic E-state index is 8.85. The van der Waals surface area contributed by atoms with Crippen LogP contribution in [0.2, 0.25) is 0 Å². The molecule has 0 aliphatic carbocycles. The molecular formula is C8H20O3. The van der Waals surface area contributed by atoms with Crippen LogP contribution in [0.25, 0.3) is 0 Å². The number of hydrogen-bond acceptors (Lipinski definition) is 3. The highest BCUT2D eigenvalue weighted by molar-refractivity contribution is 4.47. The van der Waals surface area contributed by atoms with E-state index < -0.39 is 0 Å². The fourth-order valence-electron chi connectivity index (χ4n) is 0.867. The third-order valence-corrected chi connectivity index (χ3v) is 1.48. The van der Waals surface area contributed by atoms with Gasteiger partial charge in [-0.3, -0.25) is 10.5 Å². The molecule has 0 aliphatic heterocycles. The predicted octanol–water partition coefficient (Wildman–Crippen LogP) is 2.35. The Morgan fingerprint density at radius 1 is 1.09 bits per heavy atom. The molecule has 0 aliphatic rings. The van der Waals surface area contributed by atoms with Crippen molar-refractivity contribution in [2.45, 2.75) is 52.1 Å². The molecule has 0 saturated heterocycles. The fourth-order valence-corrected chi connectivity index (χ4v) is 0.867. The first-order valence-electron chi connectivity index (χ1n) is 4.15. The summed E-state index contributed by atoms with van der Waals surface area (Å²) in [7, 11) is 0. The van der Waals surface area contributed by atoms with Gasteiger partial charge in [0, 0.05) is 0 Å². The van der Waals surface area contributed by atoms with Gasteiger partial charge in [0.05, 0.1) is 6.10 Å². The van der Waals surface area contributed by atoms with Crippen LogP contribution < -0.4 is 0 Å². The molecule has 1 unspecified atom stereocenters. The van der Waals surface area contributed by atoms with E-state index in [0.29, 0.717) is 0 Å². The SMILES string of the molecule is CCCCCCC(C)O.OO. The van der Waals surface area contributed by atoms with E-state index in [4.69, 9.17) is 15.6 Å². The molecule has 0 rings (SSSR count). The van der Waals surface area contributed by atoms with Gasteiger partial charge in [0.2, 0.25) is 0 Å². The average Bonchev–Trinajstić information content (AvgIpc) is 2.02. The molecular weight excluding hydrogens is 144 g/mol. The third kappa shape index (κ3) is 17.7. The van der Waals surface area contributed by atoms with Crippen molar-refractivity contribution < 1.29 is 15.6 Å². The quantitative estimate of drug-likeness (QED) is 0.332. The maximum atomic E-state index is 8.85. The first-order valence-corrected chi connectivity index (χ1v) is 4.15. The van der Waals surface area contributed by atoms with Gasteiger partial charge in [0.15, 0.2) is 0 Å². The second kappa shape index (κ2) is 12.5. The van der Waals surface area contributed by atoms with Gasteiger partial charge in [0.1, 0.15) is 0 Å². The third-order valence-electron chi connectivity index (χ3n) is 1.48. The molecule has 0 amide bonds. The Hall–Kier alpha value is -0.120. The molecule has 3 nitrogen and oxygen atoms in total. The summed E-state index contributed by atoms with van der Waals surface area (Å²) in [6, 6.07) is 0. The van der Waals surface area contributed by atoms with Gasteiger partial charge in [-0.05, 0) is 13.3 Å². The van der Waals surface area contributed by atoms with E-state index in [-0.39, 0.29) is 6.10 Å². The molecule has 0 saturated carbocycles. The molecule has 3 N–H and O–H groups in total. The van der Waals surface area contributed by atoms with Crippen LogP contribution in [-0.2, 0) is 0 Å². The molecule has 0 aromatic heterocycles. The van der Waals surface area contributed by atoms with Crippen LogP contribution in [0.3, 0.4) is 0 Å². The highest BCUT2D eigenvalue weighted by Gasteiger charge is 1.93. The second-order valence-corrected chi connectivity index (χ2v) is 2.70. The van der Waals surface area contributed by atoms with E-state index in [1.54, 1.807) is 0 Å². The smallest absolute Gasteiger partial charge is 0.0512 e. The Kier molecular flexibility index (Phi) is 15.4. The van der Waals surface area contributed by atoms with Crippen molar-refractivity contribution >= 4 is 0 Å². The second-order valence-electron chi connectivity index (χ2n) is 2.70. The first kappa shape index (κ1) is 13.5. The lowest BCUT2D eigenvalue weighted by molar-refractivity contribution is -0.176. The van der Waals surface area contributed by atoms with E-state index in [0.717, 1.165) is 6.42 Å². The number of rotatable bonds is 5. The molecule has 0 aromatic carbocycles. The number of unbranched alkanes of at least 4 members (excludes halogenated alkanes) is 3. The normalized spacial score (nSPS) is 11.7. The van der Waals surface area contributed by atoms with Crippen LogP contribution >= 0.6 is 0 Å². The molecule has 70 valence electrons. The average molecular weight is 164 g/mol. The summed E-state index contributed by atoms with van der Waals surface area (Å²) in [5.41, 5.74) is 0. The van der Waals surface area contributed by atoms with Gasteiger partial charge >= 0.3 is 0 Å². The van der Waals surface area contributed by atoms with Crippen molar-refractivity contribution in [1.82, 2.24) is 0 Å². The van der Waals surface area contributed by atoms with Crippen LogP contribution in [0.1, 0.15) is 46.0 Å². The number of aliphatic hydroxyl groups excluding tert-OH is 1. The summed E-state index contributed by atoms with van der Waals surface area (Å²) in [5, 5.41) is 20.9. The van der Waals surface area contributed by atoms with Crippen molar-refractivity contribution in [3.8, 4) is 0 Å². The molecule has 0 fully saturated rings. The number of aliphatic hydroxyl groups is 1. The molecule has 0 heterocycles. The monoisotopic (exact) mass is 164 g/mol. The molecule has 11 heavy (non-hydrogen) atoms. The minimum absolute atomic E-state index is 0.0955. The summed E-state index contributed by atoms with van der Waals surface area (Å²) in [4.78, 5) is 0. The predicted molar refractivity (Wildman–Crippen MR) is 45.7 cm³/mol. The van der Waals surface area contributed by atoms with Crippen molar-refractivity contribution in [2.24, 2.45) is 0 Å². The Bertz CT molecular complexity index is 55.3. The zero-order valence-electron chi connectivity index (χ0n) is 7.45. The largest absolute Gasteiger partial charge is 0.393 e. The lowest BCUT2D eigenvalue weighted by Crippen LogP contribution is -1.97. The summed E-state index contributed by atoms with van der Waals surface area (Å²) in [6.07, 6.45) is 5.93. The zero-order chi connectivity index (χ0) is 9.11. The Balaban J connectivity index is 0. The van der Waals surface area contributed by atoms with Gasteiger partial charge in [-0.1, -0.05) is 32.6 Å². The van der Waals surface area contributed by atoms with E-state index in [2.05, 4.69) is 6.92 Å². The molecule has 0 radical (unpaired) electrons. The van der Waals surface area contributed by atoms with Gasteiger partial charge in [-0.2, -0.15) is 0 Å². The Morgan fingerprint density at radius 3 is 2.00 bits per heavy atom. The lowest BCUT2D eigenvalue weighted by Gasteiger charge is -2.01. The highest BCUT2D eigenvalue weighted by Crippen LogP contribution is 2.04. The van der Waals surface area contributed by atoms with Crippen molar-refractivity contribution in [3.63, 3.8) is 0 Å². The van der Waals surface area contributed by atoms with Crippen molar-refractivity contribution in [1.29, 1.82) is 0 Å². The van der Waals surface area contributed by atoms with Gasteiger partial charge in [-0.15, -0.1) is 0 Å². The summed E-state index contributed by atoms with van der Waals surface area (Å²) in [5.74, 6) is 0. The summed E-state index contributed by atoms with van der Waals surface area (Å²) >= 11 is 0. The standard InChI is InChI=1S/C8H18O.H2O2/c1-3-4-5-6-7-8(2)9;1-2/h8-9H,3-7H2,1-2H3;1-2H. The van der Waals surface area contributed by atoms with Gasteiger partial charge < -0.3 is 5.11 Å². The molecule has 1 atom stereocenters. The van der Waals surface area contributed by atoms with E-state index in [1.165, 1.54) is 25.7 Å². The van der Waals surface area contributed by atoms with Gasteiger partial charge in [0.25, 0.3) is 0 Å². The van der Waals surface area contributed by atoms with Crippen molar-refractivity contribution in [2.75, 3.05) is 0 Å². The zero-order valence-corrected chi connectivity index (χ0v) is 7.45. The van der Waals surface area contributed by atoms with Gasteiger partial charge in [-0.25, -0.2) is 0 Å². The van der Waals surface area contributed by atoms with Crippen LogP contribution in [0.15, 0.2) is 0 Å². The molecule has 0 aromatic rings. The van der Waals surface area contributed by atoms with Crippen LogP contribution in [-0.4, -0.2) is 21.7 Å². The van der Waals surface area contributed by atoms with E-state index in [1.807, 2.05) is 6.92 Å². The molecule has 0 spiro atoms. The van der Waals surface area contributed by atoms with Crippen LogP contribution in [0, 0.1) is 0 Å². The van der Waals surface area contributed by atoms with Crippen LogP contribution in [0.5, 0.6) is 0 Å². The van der Waals surface area contributed by atoms with Crippen LogP contribution in [0.4, 0.5) is 0 Å². The first-order chi connectivity index (χ1) is 5.27. The minimum atomic E-state index is -0.0955. The summed E-state index contributed by atoms with van der Waals surface area (Å²) in [6.45, 7) is 4.05. The van der Waals surface area contributed by atoms with E-state index in [9.17, 15) is 0 Å². The molecule has 3 heteroatoms. The van der Waals surface area contributed by atoms with E-state index >= 15 is 0 Å². The Labute approximate surface area is 68.6 Å². The minimum Gasteiger partial charge on any atom is -0.393 e.